The molecule has 1 heterocycles. The number of ether oxygens (including phenoxy) is 1. The maximum atomic E-state index is 13.2. The molecule has 1 unspecified atom stereocenters. The van der Waals surface area contributed by atoms with Crippen molar-refractivity contribution in [1.82, 2.24) is 4.90 Å². The molecule has 27 heavy (non-hydrogen) atoms. The zero-order valence-corrected chi connectivity index (χ0v) is 16.8. The van der Waals surface area contributed by atoms with Crippen LogP contribution >= 0.6 is 0 Å². The van der Waals surface area contributed by atoms with Gasteiger partial charge in [0, 0.05) is 17.3 Å². The van der Waals surface area contributed by atoms with Crippen molar-refractivity contribution >= 4 is 11.6 Å². The fraction of sp³-hybridized carbons (Fsp3) is 0.435. The van der Waals surface area contributed by atoms with Gasteiger partial charge < -0.3 is 15.0 Å². The Morgan fingerprint density at radius 2 is 1.89 bits per heavy atom. The van der Waals surface area contributed by atoms with Crippen LogP contribution in [0.3, 0.4) is 0 Å². The number of rotatable bonds is 7. The van der Waals surface area contributed by atoms with Crippen LogP contribution in [-0.2, 0) is 5.66 Å². The summed E-state index contributed by atoms with van der Waals surface area (Å²) in [5.41, 5.74) is 1.97. The highest BCUT2D eigenvalue weighted by Crippen LogP contribution is 2.39. The number of anilines is 1. The van der Waals surface area contributed by atoms with E-state index in [0.717, 1.165) is 35.6 Å². The number of nitrogens with one attached hydrogen (secondary N) is 1. The van der Waals surface area contributed by atoms with Crippen LogP contribution in [0.25, 0.3) is 0 Å². The van der Waals surface area contributed by atoms with Crippen LogP contribution in [0.15, 0.2) is 48.5 Å². The van der Waals surface area contributed by atoms with Crippen molar-refractivity contribution in [3.8, 4) is 5.75 Å². The summed E-state index contributed by atoms with van der Waals surface area (Å²) in [5, 5.41) is 3.60. The normalized spacial score (nSPS) is 19.0. The topological polar surface area (TPSA) is 41.6 Å². The highest BCUT2D eigenvalue weighted by atomic mass is 16.5. The van der Waals surface area contributed by atoms with Crippen molar-refractivity contribution < 1.29 is 9.53 Å². The Bertz CT molecular complexity index is 802. The van der Waals surface area contributed by atoms with Crippen molar-refractivity contribution in [2.24, 2.45) is 0 Å². The lowest BCUT2D eigenvalue weighted by molar-refractivity contribution is 0.0433. The van der Waals surface area contributed by atoms with Gasteiger partial charge in [-0.1, -0.05) is 44.0 Å². The first-order chi connectivity index (χ1) is 13.0. The summed E-state index contributed by atoms with van der Waals surface area (Å²) in [7, 11) is 0. The first-order valence-electron chi connectivity index (χ1n) is 9.91. The van der Waals surface area contributed by atoms with E-state index < -0.39 is 5.66 Å². The van der Waals surface area contributed by atoms with Crippen LogP contribution in [0.1, 0.15) is 62.9 Å². The van der Waals surface area contributed by atoms with Crippen molar-refractivity contribution in [3.63, 3.8) is 0 Å². The van der Waals surface area contributed by atoms with E-state index in [-0.39, 0.29) is 11.9 Å². The molecule has 1 amide bonds. The number of carbonyl (C=O) groups excluding carboxylic acids is 1. The van der Waals surface area contributed by atoms with Gasteiger partial charge in [0.15, 0.2) is 0 Å². The average Bonchev–Trinajstić information content (AvgIpc) is 2.65. The summed E-state index contributed by atoms with van der Waals surface area (Å²) in [6, 6.07) is 15.9. The average molecular weight is 367 g/mol. The second-order valence-corrected chi connectivity index (χ2v) is 7.60. The molecule has 0 saturated carbocycles. The van der Waals surface area contributed by atoms with Crippen molar-refractivity contribution in [2.75, 3.05) is 11.9 Å². The van der Waals surface area contributed by atoms with Crippen molar-refractivity contribution in [2.45, 2.75) is 58.7 Å². The Kier molecular flexibility index (Phi) is 5.73. The summed E-state index contributed by atoms with van der Waals surface area (Å²) in [6.45, 7) is 9.08. The zero-order chi connectivity index (χ0) is 19.4. The molecule has 2 aromatic carbocycles. The Balaban J connectivity index is 1.94. The molecule has 0 radical (unpaired) electrons. The van der Waals surface area contributed by atoms with Crippen LogP contribution in [0.4, 0.5) is 5.69 Å². The molecular formula is C23H30N2O2. The standard InChI is InChI=1S/C23H30N2O2/c1-5-6-9-15-27-19-12-10-11-18(16-19)23(4)24-21-14-8-7-13-20(21)22(26)25(23)17(2)3/h7-8,10-14,16-17,24H,5-6,9,15H2,1-4H3. The van der Waals surface area contributed by atoms with E-state index >= 15 is 0 Å². The number of fused-ring (bicyclic) bond motifs is 1. The van der Waals surface area contributed by atoms with Gasteiger partial charge in [-0.15, -0.1) is 0 Å². The first kappa shape index (κ1) is 19.3. The molecule has 4 heteroatoms. The number of hydrogen-bond donors (Lipinski definition) is 1. The van der Waals surface area contributed by atoms with E-state index in [9.17, 15) is 4.79 Å². The van der Waals surface area contributed by atoms with E-state index in [2.05, 4.69) is 45.1 Å². The first-order valence-corrected chi connectivity index (χ1v) is 9.91. The maximum Gasteiger partial charge on any atom is 0.258 e. The predicted molar refractivity (Wildman–Crippen MR) is 110 cm³/mol. The summed E-state index contributed by atoms with van der Waals surface area (Å²) in [6.07, 6.45) is 3.40. The van der Waals surface area contributed by atoms with Crippen LogP contribution in [0.2, 0.25) is 0 Å². The predicted octanol–water partition coefficient (Wildman–Crippen LogP) is 5.40. The lowest BCUT2D eigenvalue weighted by Crippen LogP contribution is -2.58. The van der Waals surface area contributed by atoms with E-state index in [1.54, 1.807) is 0 Å². The molecule has 1 N–H and O–H groups in total. The van der Waals surface area contributed by atoms with Gasteiger partial charge in [0.2, 0.25) is 0 Å². The van der Waals surface area contributed by atoms with E-state index in [1.807, 2.05) is 41.3 Å². The molecule has 0 fully saturated rings. The van der Waals surface area contributed by atoms with Crippen LogP contribution in [0, 0.1) is 0 Å². The second-order valence-electron chi connectivity index (χ2n) is 7.60. The molecule has 0 spiro atoms. The fourth-order valence-electron chi connectivity index (χ4n) is 3.83. The fourth-order valence-corrected chi connectivity index (χ4v) is 3.83. The van der Waals surface area contributed by atoms with Gasteiger partial charge in [0.05, 0.1) is 12.2 Å². The van der Waals surface area contributed by atoms with Gasteiger partial charge in [-0.3, -0.25) is 4.79 Å². The van der Waals surface area contributed by atoms with Crippen molar-refractivity contribution in [3.05, 3.63) is 59.7 Å². The minimum atomic E-state index is -0.637. The lowest BCUT2D eigenvalue weighted by atomic mass is 9.92. The minimum Gasteiger partial charge on any atom is -0.494 e. The third-order valence-corrected chi connectivity index (χ3v) is 5.17. The van der Waals surface area contributed by atoms with Crippen LogP contribution in [0.5, 0.6) is 5.75 Å². The van der Waals surface area contributed by atoms with Gasteiger partial charge in [0.1, 0.15) is 11.4 Å². The molecule has 0 saturated heterocycles. The monoisotopic (exact) mass is 366 g/mol. The third kappa shape index (κ3) is 3.80. The Hall–Kier alpha value is -2.49. The quantitative estimate of drug-likeness (QED) is 0.667. The number of hydrogen-bond acceptors (Lipinski definition) is 3. The van der Waals surface area contributed by atoms with Crippen LogP contribution in [-0.4, -0.2) is 23.5 Å². The van der Waals surface area contributed by atoms with E-state index in [4.69, 9.17) is 4.74 Å². The largest absolute Gasteiger partial charge is 0.494 e. The lowest BCUT2D eigenvalue weighted by Gasteiger charge is -2.48. The van der Waals surface area contributed by atoms with E-state index in [0.29, 0.717) is 0 Å². The number of benzene rings is 2. The van der Waals surface area contributed by atoms with Gasteiger partial charge in [-0.25, -0.2) is 0 Å². The number of unbranched alkanes of at least 4 members (excludes halogenated alkanes) is 2. The smallest absolute Gasteiger partial charge is 0.258 e. The third-order valence-electron chi connectivity index (χ3n) is 5.17. The number of nitrogens with zero attached hydrogens (tertiary/aromatic N) is 1. The summed E-state index contributed by atoms with van der Waals surface area (Å²) in [4.78, 5) is 15.2. The molecule has 1 atom stereocenters. The molecule has 0 aromatic heterocycles. The molecular weight excluding hydrogens is 336 g/mol. The Morgan fingerprint density at radius 3 is 2.63 bits per heavy atom. The molecule has 0 aliphatic carbocycles. The highest BCUT2D eigenvalue weighted by molar-refractivity contribution is 6.02. The van der Waals surface area contributed by atoms with Crippen molar-refractivity contribution in [1.29, 1.82) is 0 Å². The second kappa shape index (κ2) is 8.03. The molecule has 1 aliphatic heterocycles. The number of carbonyl (C=O) groups is 1. The van der Waals surface area contributed by atoms with Gasteiger partial charge >= 0.3 is 0 Å². The summed E-state index contributed by atoms with van der Waals surface area (Å²) in [5.74, 6) is 0.901. The Morgan fingerprint density at radius 1 is 1.11 bits per heavy atom. The number of para-hydroxylation sites is 1. The van der Waals surface area contributed by atoms with E-state index in [1.165, 1.54) is 12.8 Å². The Labute approximate surface area is 162 Å². The maximum absolute atomic E-state index is 13.2. The summed E-state index contributed by atoms with van der Waals surface area (Å²) < 4.78 is 5.95. The molecule has 0 bridgehead atoms. The molecule has 2 aromatic rings. The molecule has 4 nitrogen and oxygen atoms in total. The summed E-state index contributed by atoms with van der Waals surface area (Å²) >= 11 is 0. The molecule has 1 aliphatic rings. The minimum absolute atomic E-state index is 0.0520. The highest BCUT2D eigenvalue weighted by Gasteiger charge is 2.43. The molecule has 3 rings (SSSR count). The number of amides is 1. The zero-order valence-electron chi connectivity index (χ0n) is 16.8. The van der Waals surface area contributed by atoms with Gasteiger partial charge in [-0.05, 0) is 51.5 Å². The van der Waals surface area contributed by atoms with Gasteiger partial charge in [0.25, 0.3) is 5.91 Å². The van der Waals surface area contributed by atoms with Gasteiger partial charge in [-0.2, -0.15) is 0 Å². The molecule has 144 valence electrons. The SMILES string of the molecule is CCCCCOc1cccc(C2(C)Nc3ccccc3C(=O)N2C(C)C)c1. The van der Waals surface area contributed by atoms with Crippen LogP contribution < -0.4 is 10.1 Å².